The third-order valence-electron chi connectivity index (χ3n) is 28.8. The molecule has 0 saturated heterocycles. The standard InChI is InChI=1S/C59H66N4O11S.C57H61N5O8/c1-34-21-45-42(30-54(75(69,70)72-8)49-27-41-14-10-12-16-48(41)63(49)58(45)68)29-51(34)73-32-37-23-38(25-43(24-37)61-56(66)35(2)22-50(64)36(3)60-55(65)19-20-59(4,5)6)33-74-53-28-39-17-18-44-26-40-13-9-11-15-47(40)62(44)57(67)46(39)31-52(53)71-7;1-33-20-45-46(58-30-43-26-40-13-9-11-15-48(40)62(43)56(45)67)29-50(33)69-31-36-22-37(24-41(23-36)60-54(65)34(2)21-49(63)35(3)59-53(64)18-19-57(4,5)6)32-70-52-27-38-16-17-42-25-39-12-8-10-14-47(39)61(42)55(66)44(38)28-51(52)68-7/h9-16,21,23-25,28-29,31,35-36,44,49,54H,17-20,22,26-27,30,32-33H2,1-8H3,(H,60,65)(H,61,66);8-15,20,22-24,27-30,34-35,42-43H,16-19,21,25-26,31-32H2,1-7H3,(H,59,64)(H,60,65)/t35-,36-,44+,49-,54?;34-,35-,42+,43-/m00/s1. The number of ketones is 2. The number of ether oxygens (including phenoxy) is 6. The van der Waals surface area contributed by atoms with E-state index in [2.05, 4.69) is 54.2 Å². The Hall–Kier alpha value is -14.3. The van der Waals surface area contributed by atoms with Gasteiger partial charge in [0.1, 0.15) is 43.2 Å². The molecule has 9 atom stereocenters. The number of aryl methyl sites for hydroxylation is 4. The quantitative estimate of drug-likeness (QED) is 0.0285. The lowest BCUT2D eigenvalue weighted by Gasteiger charge is -2.28. The molecule has 10 aromatic carbocycles. The number of para-hydroxylation sites is 4. The maximum absolute atomic E-state index is 14.4. The fraction of sp³-hybridized carbons (Fsp3) is 0.388. The summed E-state index contributed by atoms with van der Waals surface area (Å²) in [5.41, 5.74) is 17.6. The maximum Gasteiger partial charge on any atom is 0.272 e. The van der Waals surface area contributed by atoms with Crippen LogP contribution in [0.2, 0.25) is 0 Å². The van der Waals surface area contributed by atoms with Crippen molar-refractivity contribution < 1.29 is 89.0 Å². The van der Waals surface area contributed by atoms with Crippen LogP contribution in [-0.2, 0) is 114 Å². The normalized spacial score (nSPS) is 18.0. The number of amides is 8. The average molecular weight is 1980 g/mol. The molecule has 0 bridgehead atoms. The Kier molecular flexibility index (Phi) is 30.0. The van der Waals surface area contributed by atoms with Gasteiger partial charge in [-0.25, -0.2) is 0 Å². The minimum absolute atomic E-state index is 0.00224. The molecule has 8 aliphatic heterocycles. The molecule has 0 fully saturated rings. The van der Waals surface area contributed by atoms with Crippen molar-refractivity contribution >= 4 is 115 Å². The predicted molar refractivity (Wildman–Crippen MR) is 557 cm³/mol. The Labute approximate surface area is 847 Å². The topological polar surface area (TPSA) is 343 Å². The number of hydrogen-bond acceptors (Lipinski definition) is 20. The van der Waals surface area contributed by atoms with E-state index >= 15 is 0 Å². The SMILES string of the molecule is COc1cc2c(cc1OCc1cc(COc3cc4c(cc3C)C(=O)N3c5ccccc5C[C@H]3C(S(=O)(=O)OC)C4)cc(NC(=O)[C@@H](C)CC(=O)[C@H](C)NC(=O)CCC(C)(C)C)c1)CC[C@@H]1Cc3ccccc3N1C2=O.COc1cc2c(cc1OCc1cc(COc3cc4c(cc3C)C(=O)N3c5ccccc5C[C@H]3C=N4)cc(NC(=O)[C@@H](C)CC(=O)[C@H](C)NC(=O)CCC(C)(C)C)c1)CC[C@@H]1Cc3ccccc3N1C2=O. The van der Waals surface area contributed by atoms with Crippen molar-refractivity contribution in [3.8, 4) is 34.5 Å². The summed E-state index contributed by atoms with van der Waals surface area (Å²) >= 11 is 0. The van der Waals surface area contributed by atoms with Gasteiger partial charge in [-0.3, -0.25) is 62.0 Å². The summed E-state index contributed by atoms with van der Waals surface area (Å²) in [4.78, 5) is 148. The van der Waals surface area contributed by atoms with Crippen LogP contribution in [0.5, 0.6) is 34.5 Å². The van der Waals surface area contributed by atoms with Crippen molar-refractivity contribution in [1.82, 2.24) is 10.6 Å². The Morgan fingerprint density at radius 2 is 0.786 bits per heavy atom. The molecule has 10 aromatic rings. The first-order chi connectivity index (χ1) is 69.2. The summed E-state index contributed by atoms with van der Waals surface area (Å²) in [6, 6.07) is 54.6. The van der Waals surface area contributed by atoms with Gasteiger partial charge in [-0.15, -0.1) is 0 Å². The van der Waals surface area contributed by atoms with Crippen molar-refractivity contribution in [3.63, 3.8) is 0 Å². The van der Waals surface area contributed by atoms with Gasteiger partial charge in [0.2, 0.25) is 23.6 Å². The Morgan fingerprint density at radius 3 is 1.22 bits per heavy atom. The lowest BCUT2D eigenvalue weighted by Crippen LogP contribution is -2.47. The van der Waals surface area contributed by atoms with Crippen LogP contribution in [0.25, 0.3) is 0 Å². The number of carbonyl (C=O) groups is 10. The van der Waals surface area contributed by atoms with Gasteiger partial charge in [0.05, 0.1) is 56.7 Å². The number of nitrogens with zero attached hydrogens (tertiary/aromatic N) is 5. The molecule has 145 heavy (non-hydrogen) atoms. The van der Waals surface area contributed by atoms with Crippen molar-refractivity contribution in [2.75, 3.05) is 51.6 Å². The first-order valence-electron chi connectivity index (χ1n) is 50.0. The number of anilines is 6. The van der Waals surface area contributed by atoms with Gasteiger partial charge in [0.25, 0.3) is 33.7 Å². The minimum Gasteiger partial charge on any atom is -0.493 e. The van der Waals surface area contributed by atoms with E-state index in [4.69, 9.17) is 37.6 Å². The van der Waals surface area contributed by atoms with Crippen molar-refractivity contribution in [2.24, 2.45) is 27.7 Å². The summed E-state index contributed by atoms with van der Waals surface area (Å²) in [7, 11) is 0.120. The Morgan fingerprint density at radius 1 is 0.414 bits per heavy atom. The molecule has 1 unspecified atom stereocenters. The lowest BCUT2D eigenvalue weighted by molar-refractivity contribution is -0.129. The molecule has 0 saturated carbocycles. The average Bonchev–Trinajstić information content (AvgIpc) is 1.58. The molecule has 0 aromatic heterocycles. The molecule has 18 rings (SSSR count). The van der Waals surface area contributed by atoms with Crippen LogP contribution in [0.15, 0.2) is 187 Å². The van der Waals surface area contributed by atoms with E-state index in [0.717, 1.165) is 88.8 Å². The molecule has 0 aliphatic carbocycles. The van der Waals surface area contributed by atoms with Crippen molar-refractivity contribution in [2.45, 2.75) is 247 Å². The van der Waals surface area contributed by atoms with Crippen LogP contribution in [0.3, 0.4) is 0 Å². The van der Waals surface area contributed by atoms with Gasteiger partial charge >= 0.3 is 0 Å². The highest BCUT2D eigenvalue weighted by Crippen LogP contribution is 2.48. The van der Waals surface area contributed by atoms with E-state index in [1.807, 2.05) is 183 Å². The first kappa shape index (κ1) is 102. The molecule has 0 radical (unpaired) electrons. The Bertz CT molecular complexity index is 6960. The zero-order chi connectivity index (χ0) is 103. The van der Waals surface area contributed by atoms with E-state index in [0.29, 0.717) is 152 Å². The highest BCUT2D eigenvalue weighted by atomic mass is 32.2. The summed E-state index contributed by atoms with van der Waals surface area (Å²) < 4.78 is 69.9. The highest BCUT2D eigenvalue weighted by Gasteiger charge is 2.49. The number of Topliss-reactive ketones (excluding diaryl/α,β-unsaturated/α-hetero) is 2. The van der Waals surface area contributed by atoms with Gasteiger partial charge in [-0.2, -0.15) is 8.42 Å². The van der Waals surface area contributed by atoms with Crippen LogP contribution in [0, 0.1) is 36.5 Å². The van der Waals surface area contributed by atoms with E-state index in [9.17, 15) is 56.4 Å². The number of methoxy groups -OCH3 is 2. The van der Waals surface area contributed by atoms with Gasteiger partial charge in [-0.05, 0) is 278 Å². The smallest absolute Gasteiger partial charge is 0.272 e. The molecule has 756 valence electrons. The van der Waals surface area contributed by atoms with Crippen molar-refractivity contribution in [1.29, 1.82) is 0 Å². The van der Waals surface area contributed by atoms with Gasteiger partial charge < -0.3 is 64.4 Å². The molecule has 4 N–H and O–H groups in total. The molecular weight excluding hydrogens is 1860 g/mol. The third-order valence-corrected chi connectivity index (χ3v) is 30.5. The number of aliphatic imine (C=N–C) groups is 1. The first-order valence-corrected chi connectivity index (χ1v) is 51.4. The second kappa shape index (κ2) is 42.5. The lowest BCUT2D eigenvalue weighted by atomic mass is 9.90. The van der Waals surface area contributed by atoms with Crippen LogP contribution in [-0.4, -0.2) is 136 Å². The maximum atomic E-state index is 14.4. The predicted octanol–water partition coefficient (Wildman–Crippen LogP) is 18.8. The number of carbonyl (C=O) groups excluding carboxylic acids is 10. The fourth-order valence-electron chi connectivity index (χ4n) is 20.8. The number of fused-ring (bicyclic) bond motifs is 16. The highest BCUT2D eigenvalue weighted by molar-refractivity contribution is 7.87. The van der Waals surface area contributed by atoms with E-state index in [-0.39, 0.29) is 134 Å². The number of hydrogen-bond donors (Lipinski definition) is 4. The number of benzene rings is 10. The number of rotatable bonds is 32. The van der Waals surface area contributed by atoms with Crippen molar-refractivity contribution in [3.05, 3.63) is 277 Å². The monoisotopic (exact) mass is 1980 g/mol. The molecule has 8 aliphatic rings. The molecular formula is C116H127N9O19S. The summed E-state index contributed by atoms with van der Waals surface area (Å²) in [5.74, 6) is -0.960. The largest absolute Gasteiger partial charge is 0.493 e. The fourth-order valence-corrected chi connectivity index (χ4v) is 22.0. The van der Waals surface area contributed by atoms with Gasteiger partial charge in [0.15, 0.2) is 34.6 Å². The summed E-state index contributed by atoms with van der Waals surface area (Å²) in [6.07, 6.45) is 9.22. The molecule has 29 heteroatoms. The van der Waals surface area contributed by atoms with Gasteiger partial charge in [0, 0.05) is 119 Å². The van der Waals surface area contributed by atoms with Crippen LogP contribution in [0.4, 0.5) is 39.8 Å². The minimum atomic E-state index is -4.10. The zero-order valence-electron chi connectivity index (χ0n) is 84.9. The molecule has 8 heterocycles. The second-order valence-corrected chi connectivity index (χ2v) is 43.9. The van der Waals surface area contributed by atoms with Crippen LogP contribution < -0.4 is 69.3 Å². The Balaban J connectivity index is 0.000000199. The molecule has 8 amide bonds. The number of nitrogens with one attached hydrogen (secondary N) is 4. The second-order valence-electron chi connectivity index (χ2n) is 42.0. The van der Waals surface area contributed by atoms with E-state index < -0.39 is 51.2 Å². The van der Waals surface area contributed by atoms with E-state index in [1.54, 1.807) is 82.2 Å². The zero-order valence-corrected chi connectivity index (χ0v) is 85.7. The summed E-state index contributed by atoms with van der Waals surface area (Å²) in [6.45, 7) is 22.9. The third kappa shape index (κ3) is 22.6. The van der Waals surface area contributed by atoms with E-state index in [1.165, 1.54) is 12.7 Å². The van der Waals surface area contributed by atoms with Crippen LogP contribution in [0.1, 0.15) is 234 Å². The van der Waals surface area contributed by atoms with Crippen LogP contribution >= 0.6 is 0 Å². The summed E-state index contributed by atoms with van der Waals surface area (Å²) in [5, 5.41) is 10.5. The van der Waals surface area contributed by atoms with Gasteiger partial charge in [-0.1, -0.05) is 128 Å². The molecule has 0 spiro atoms. The molecule has 28 nitrogen and oxygen atoms in total.